The van der Waals surface area contributed by atoms with Crippen LogP contribution in [0.5, 0.6) is 11.5 Å². The van der Waals surface area contributed by atoms with E-state index in [1.54, 1.807) is 21.1 Å². The van der Waals surface area contributed by atoms with Crippen LogP contribution in [-0.2, 0) is 49.3 Å². The molecule has 1 fully saturated rings. The highest BCUT2D eigenvalue weighted by Gasteiger charge is 2.46. The number of ether oxygens (including phenoxy) is 4. The van der Waals surface area contributed by atoms with E-state index in [0.29, 0.717) is 29.9 Å². The number of nitrogens with zero attached hydrogens (tertiary/aromatic N) is 1. The average molecular weight is 831 g/mol. The molecule has 2 heterocycles. The minimum absolute atomic E-state index is 0.0558. The standard InChI is InChI=1S/C40H52N2O11P2S/c1-7-9-24-49-55(56,50-25-10-8-2)53-54(6,45)52-35-26-37(42-27-29(3)38(43)41-39(42)44)51-36(35)28-48-40(30-14-12-11-13-15-30,31-16-20-33(46-4)21-17-31)32-18-22-34(47-5)23-19-32/h11-23,27,35-37H,7-10,24-26,28H2,1-6H3,(H,41,43,44)/t35-,36+,37+,54-/m0/s1. The molecule has 0 radical (unpaired) electrons. The maximum Gasteiger partial charge on any atom is 0.335 e. The Morgan fingerprint density at radius 2 is 1.39 bits per heavy atom. The summed E-state index contributed by atoms with van der Waals surface area (Å²) in [7, 11) is -0.810. The van der Waals surface area contributed by atoms with Crippen molar-refractivity contribution >= 4 is 26.1 Å². The fraction of sp³-hybridized carbons (Fsp3) is 0.450. The van der Waals surface area contributed by atoms with Gasteiger partial charge in [0.15, 0.2) is 0 Å². The number of aromatic amines is 1. The predicted octanol–water partition coefficient (Wildman–Crippen LogP) is 8.24. The third kappa shape index (κ3) is 10.7. The molecule has 1 aliphatic heterocycles. The normalized spacial score (nSPS) is 18.4. The van der Waals surface area contributed by atoms with Gasteiger partial charge >= 0.3 is 20.0 Å². The molecule has 56 heavy (non-hydrogen) atoms. The van der Waals surface area contributed by atoms with Gasteiger partial charge in [0.2, 0.25) is 0 Å². The molecule has 1 aliphatic rings. The fourth-order valence-electron chi connectivity index (χ4n) is 6.39. The van der Waals surface area contributed by atoms with Crippen LogP contribution in [0.4, 0.5) is 0 Å². The molecule has 4 atom stereocenters. The van der Waals surface area contributed by atoms with Gasteiger partial charge in [-0.15, -0.1) is 0 Å². The number of nitrogens with one attached hydrogen (secondary N) is 1. The molecule has 1 aromatic heterocycles. The molecular formula is C40H52N2O11P2S. The van der Waals surface area contributed by atoms with Crippen LogP contribution in [-0.4, -0.2) is 62.5 Å². The summed E-state index contributed by atoms with van der Waals surface area (Å²) in [6.07, 6.45) is 1.85. The van der Waals surface area contributed by atoms with Gasteiger partial charge in [-0.25, -0.2) is 9.11 Å². The Morgan fingerprint density at radius 3 is 1.91 bits per heavy atom. The predicted molar refractivity (Wildman–Crippen MR) is 218 cm³/mol. The highest BCUT2D eigenvalue weighted by Crippen LogP contribution is 2.65. The molecule has 13 nitrogen and oxygen atoms in total. The van der Waals surface area contributed by atoms with Crippen LogP contribution in [0.2, 0.25) is 0 Å². The van der Waals surface area contributed by atoms with Gasteiger partial charge in [-0.2, -0.15) is 0 Å². The van der Waals surface area contributed by atoms with Crippen LogP contribution >= 0.6 is 14.3 Å². The summed E-state index contributed by atoms with van der Waals surface area (Å²) >= 11 is 5.73. The Labute approximate surface area is 333 Å². The minimum Gasteiger partial charge on any atom is -0.497 e. The number of rotatable bonds is 21. The largest absolute Gasteiger partial charge is 0.497 e. The topological polar surface area (TPSA) is 146 Å². The molecule has 0 saturated carbocycles. The number of hydrogen-bond acceptors (Lipinski definition) is 12. The second-order valence-electron chi connectivity index (χ2n) is 13.5. The van der Waals surface area contributed by atoms with Crippen molar-refractivity contribution in [2.75, 3.05) is 40.7 Å². The molecule has 4 aromatic rings. The molecular weight excluding hydrogens is 778 g/mol. The smallest absolute Gasteiger partial charge is 0.335 e. The van der Waals surface area contributed by atoms with Crippen molar-refractivity contribution in [2.24, 2.45) is 0 Å². The average Bonchev–Trinajstić information content (AvgIpc) is 3.58. The van der Waals surface area contributed by atoms with Crippen molar-refractivity contribution in [3.05, 3.63) is 128 Å². The lowest BCUT2D eigenvalue weighted by Gasteiger charge is -2.37. The Hall–Kier alpha value is -3.42. The van der Waals surface area contributed by atoms with Crippen molar-refractivity contribution in [1.82, 2.24) is 9.55 Å². The number of methoxy groups -OCH3 is 2. The van der Waals surface area contributed by atoms with Gasteiger partial charge in [0.05, 0.1) is 40.1 Å². The summed E-state index contributed by atoms with van der Waals surface area (Å²) in [6, 6.07) is 24.9. The summed E-state index contributed by atoms with van der Waals surface area (Å²) in [5.41, 5.74) is 0.304. The molecule has 5 rings (SSSR count). The third-order valence-corrected chi connectivity index (χ3v) is 14.2. The SMILES string of the molecule is CCCCOP(=S)(OCCCC)O[P@@](C)(=O)O[C@H]1C[C@H](n2cc(C)c(=O)[nH]c2=O)O[C@@H]1COC(c1ccccc1)(c1ccc(OC)cc1)c1ccc(OC)cc1. The Morgan fingerprint density at radius 1 is 0.857 bits per heavy atom. The van der Waals surface area contributed by atoms with E-state index in [2.05, 4.69) is 4.98 Å². The van der Waals surface area contributed by atoms with Crippen LogP contribution in [0, 0.1) is 6.92 Å². The number of aromatic nitrogens is 2. The van der Waals surface area contributed by atoms with Crippen molar-refractivity contribution in [3.63, 3.8) is 0 Å². The fourth-order valence-corrected chi connectivity index (χ4v) is 11.4. The molecule has 0 amide bonds. The van der Waals surface area contributed by atoms with Crippen molar-refractivity contribution in [1.29, 1.82) is 0 Å². The van der Waals surface area contributed by atoms with Crippen LogP contribution in [0.3, 0.4) is 0 Å². The van der Waals surface area contributed by atoms with E-state index < -0.39 is 49.6 Å². The van der Waals surface area contributed by atoms with Gasteiger partial charge in [0.25, 0.3) is 5.56 Å². The van der Waals surface area contributed by atoms with Crippen LogP contribution in [0.25, 0.3) is 0 Å². The molecule has 16 heteroatoms. The lowest BCUT2D eigenvalue weighted by atomic mass is 9.80. The summed E-state index contributed by atoms with van der Waals surface area (Å²) in [6.45, 7) is 3.90. The van der Waals surface area contributed by atoms with E-state index in [1.165, 1.54) is 17.4 Å². The second kappa shape index (κ2) is 19.8. The van der Waals surface area contributed by atoms with Crippen LogP contribution < -0.4 is 20.7 Å². The first-order chi connectivity index (χ1) is 26.9. The maximum atomic E-state index is 14.3. The number of hydrogen-bond donors (Lipinski definition) is 1. The molecule has 304 valence electrons. The number of benzene rings is 3. The van der Waals surface area contributed by atoms with E-state index >= 15 is 0 Å². The van der Waals surface area contributed by atoms with Gasteiger partial charge in [-0.05, 0) is 72.5 Å². The molecule has 0 aliphatic carbocycles. The van der Waals surface area contributed by atoms with E-state index in [4.69, 9.17) is 48.6 Å². The molecule has 1 N–H and O–H groups in total. The quantitative estimate of drug-likeness (QED) is 0.0490. The Balaban J connectivity index is 1.55. The zero-order valence-corrected chi connectivity index (χ0v) is 35.3. The first-order valence-corrected chi connectivity index (χ1v) is 23.2. The van der Waals surface area contributed by atoms with E-state index in [-0.39, 0.29) is 26.2 Å². The van der Waals surface area contributed by atoms with Gasteiger partial charge in [0, 0.05) is 24.8 Å². The highest BCUT2D eigenvalue weighted by atomic mass is 32.5. The van der Waals surface area contributed by atoms with Gasteiger partial charge in [-0.3, -0.25) is 18.9 Å². The number of aryl methyl sites for hydroxylation is 1. The summed E-state index contributed by atoms with van der Waals surface area (Å²) < 4.78 is 64.4. The molecule has 0 spiro atoms. The molecule has 0 bridgehead atoms. The Bertz CT molecular complexity index is 2020. The van der Waals surface area contributed by atoms with Crippen LogP contribution in [0.15, 0.2) is 94.6 Å². The van der Waals surface area contributed by atoms with E-state index in [1.807, 2.05) is 92.7 Å². The molecule has 0 unspecified atom stereocenters. The number of unbranched alkanes of at least 4 members (excludes halogenated alkanes) is 2. The lowest BCUT2D eigenvalue weighted by Crippen LogP contribution is -2.38. The zero-order chi connectivity index (χ0) is 40.3. The van der Waals surface area contributed by atoms with Crippen molar-refractivity contribution in [3.8, 4) is 11.5 Å². The minimum atomic E-state index is -4.02. The lowest BCUT2D eigenvalue weighted by molar-refractivity contribution is -0.0921. The van der Waals surface area contributed by atoms with Crippen molar-refractivity contribution in [2.45, 2.75) is 76.9 Å². The highest BCUT2D eigenvalue weighted by molar-refractivity contribution is 8.09. The summed E-state index contributed by atoms with van der Waals surface area (Å²) in [4.78, 5) is 27.7. The first-order valence-electron chi connectivity index (χ1n) is 18.7. The van der Waals surface area contributed by atoms with Crippen LogP contribution in [0.1, 0.15) is 74.4 Å². The monoisotopic (exact) mass is 830 g/mol. The second-order valence-corrected chi connectivity index (χ2v) is 18.6. The summed E-state index contributed by atoms with van der Waals surface area (Å²) in [5.74, 6) is 1.33. The zero-order valence-electron chi connectivity index (χ0n) is 32.7. The molecule has 3 aromatic carbocycles. The van der Waals surface area contributed by atoms with E-state index in [9.17, 15) is 14.2 Å². The summed E-state index contributed by atoms with van der Waals surface area (Å²) in [5, 5.41) is 0. The maximum absolute atomic E-state index is 14.3. The Kier molecular flexibility index (Phi) is 15.5. The molecule has 1 saturated heterocycles. The van der Waals surface area contributed by atoms with Gasteiger partial charge in [0.1, 0.15) is 29.4 Å². The first kappa shape index (κ1) is 43.7. The van der Waals surface area contributed by atoms with E-state index in [0.717, 1.165) is 29.5 Å². The number of H-pyrrole nitrogens is 1. The van der Waals surface area contributed by atoms with Crippen molar-refractivity contribution < 1.29 is 41.4 Å². The van der Waals surface area contributed by atoms with Gasteiger partial charge in [-0.1, -0.05) is 81.3 Å². The third-order valence-electron chi connectivity index (χ3n) is 9.34. The van der Waals surface area contributed by atoms with Gasteiger partial charge < -0.3 is 32.5 Å².